The van der Waals surface area contributed by atoms with Crippen LogP contribution < -0.4 is 0 Å². The van der Waals surface area contributed by atoms with Gasteiger partial charge in [-0.25, -0.2) is 4.39 Å². The lowest BCUT2D eigenvalue weighted by Gasteiger charge is -2.25. The molecule has 28 heavy (non-hydrogen) atoms. The summed E-state index contributed by atoms with van der Waals surface area (Å²) in [6.45, 7) is 1.10. The van der Waals surface area contributed by atoms with E-state index in [0.29, 0.717) is 18.7 Å². The number of rotatable bonds is 6. The maximum atomic E-state index is 13.2. The Morgan fingerprint density at radius 2 is 1.89 bits per heavy atom. The van der Waals surface area contributed by atoms with Crippen LogP contribution in [0.4, 0.5) is 4.39 Å². The number of hydrogen-bond acceptors (Lipinski definition) is 5. The number of benzene rings is 1. The van der Waals surface area contributed by atoms with Gasteiger partial charge in [-0.1, -0.05) is 6.07 Å². The third kappa shape index (κ3) is 3.94. The minimum Gasteiger partial charge on any atom is -0.507 e. The van der Waals surface area contributed by atoms with E-state index >= 15 is 0 Å². The molecule has 0 unspecified atom stereocenters. The Kier molecular flexibility index (Phi) is 5.84. The Balaban J connectivity index is 2.06. The third-order valence-corrected chi connectivity index (χ3v) is 4.63. The van der Waals surface area contributed by atoms with E-state index in [1.807, 2.05) is 19.0 Å². The fourth-order valence-electron chi connectivity index (χ4n) is 3.28. The summed E-state index contributed by atoms with van der Waals surface area (Å²) >= 11 is 0. The van der Waals surface area contributed by atoms with Crippen molar-refractivity contribution in [3.63, 3.8) is 0 Å². The molecule has 0 bridgehead atoms. The van der Waals surface area contributed by atoms with E-state index in [2.05, 4.69) is 4.98 Å². The molecule has 1 saturated heterocycles. The first-order valence-corrected chi connectivity index (χ1v) is 9.00. The fraction of sp³-hybridized carbons (Fsp3) is 0.286. The van der Waals surface area contributed by atoms with Gasteiger partial charge in [0.2, 0.25) is 0 Å². The number of carbonyl (C=O) groups is 2. The van der Waals surface area contributed by atoms with Crippen LogP contribution in [-0.4, -0.2) is 58.8 Å². The van der Waals surface area contributed by atoms with Crippen LogP contribution in [0.3, 0.4) is 0 Å². The quantitative estimate of drug-likeness (QED) is 0.472. The molecule has 0 spiro atoms. The van der Waals surface area contributed by atoms with Crippen molar-refractivity contribution in [3.8, 4) is 0 Å². The van der Waals surface area contributed by atoms with E-state index in [-0.39, 0.29) is 16.9 Å². The maximum Gasteiger partial charge on any atom is 0.295 e. The van der Waals surface area contributed by atoms with Crippen molar-refractivity contribution in [2.75, 3.05) is 27.2 Å². The molecule has 1 fully saturated rings. The summed E-state index contributed by atoms with van der Waals surface area (Å²) in [4.78, 5) is 33.2. The second kappa shape index (κ2) is 8.31. The molecule has 1 aliphatic rings. The molecule has 3 rings (SSSR count). The summed E-state index contributed by atoms with van der Waals surface area (Å²) in [7, 11) is 3.86. The zero-order valence-electron chi connectivity index (χ0n) is 15.8. The average molecular weight is 383 g/mol. The smallest absolute Gasteiger partial charge is 0.295 e. The van der Waals surface area contributed by atoms with E-state index in [9.17, 15) is 19.1 Å². The van der Waals surface area contributed by atoms with Gasteiger partial charge in [0, 0.05) is 18.3 Å². The minimum atomic E-state index is -0.784. The summed E-state index contributed by atoms with van der Waals surface area (Å²) in [5.74, 6) is -2.22. The average Bonchev–Trinajstić information content (AvgIpc) is 2.93. The molecule has 2 aromatic rings. The van der Waals surface area contributed by atoms with Crippen LogP contribution in [0.2, 0.25) is 0 Å². The third-order valence-electron chi connectivity index (χ3n) is 4.63. The molecule has 7 heteroatoms. The van der Waals surface area contributed by atoms with Crippen LogP contribution >= 0.6 is 0 Å². The summed E-state index contributed by atoms with van der Waals surface area (Å²) in [5, 5.41) is 10.8. The Labute approximate surface area is 162 Å². The lowest BCUT2D eigenvalue weighted by Crippen LogP contribution is -2.32. The molecule has 1 N–H and O–H groups in total. The molecule has 1 aromatic carbocycles. The van der Waals surface area contributed by atoms with Crippen molar-refractivity contribution in [1.29, 1.82) is 0 Å². The number of Topliss-reactive ketones (excluding diaryl/α,β-unsaturated/α-hetero) is 1. The normalized spacial score (nSPS) is 18.9. The van der Waals surface area contributed by atoms with Crippen molar-refractivity contribution in [3.05, 3.63) is 71.3 Å². The zero-order valence-corrected chi connectivity index (χ0v) is 15.8. The van der Waals surface area contributed by atoms with Crippen molar-refractivity contribution in [1.82, 2.24) is 14.8 Å². The van der Waals surface area contributed by atoms with Gasteiger partial charge in [0.05, 0.1) is 11.3 Å². The topological polar surface area (TPSA) is 73.7 Å². The summed E-state index contributed by atoms with van der Waals surface area (Å²) < 4.78 is 13.2. The van der Waals surface area contributed by atoms with Crippen LogP contribution in [0.15, 0.2) is 54.2 Å². The van der Waals surface area contributed by atoms with E-state index in [1.165, 1.54) is 29.2 Å². The highest BCUT2D eigenvalue weighted by atomic mass is 19.1. The highest BCUT2D eigenvalue weighted by Gasteiger charge is 2.46. The van der Waals surface area contributed by atoms with Gasteiger partial charge in [-0.15, -0.1) is 0 Å². The molecule has 0 saturated carbocycles. The predicted molar refractivity (Wildman–Crippen MR) is 103 cm³/mol. The minimum absolute atomic E-state index is 0.0276. The van der Waals surface area contributed by atoms with Gasteiger partial charge in [0.1, 0.15) is 17.6 Å². The monoisotopic (exact) mass is 383 g/mol. The zero-order chi connectivity index (χ0) is 20.3. The highest BCUT2D eigenvalue weighted by Crippen LogP contribution is 2.38. The number of aliphatic hydroxyl groups is 1. The lowest BCUT2D eigenvalue weighted by molar-refractivity contribution is -0.140. The van der Waals surface area contributed by atoms with Crippen molar-refractivity contribution in [2.24, 2.45) is 0 Å². The number of carbonyl (C=O) groups excluding carboxylic acids is 2. The Morgan fingerprint density at radius 3 is 2.50 bits per heavy atom. The molecule has 0 aliphatic carbocycles. The summed E-state index contributed by atoms with van der Waals surface area (Å²) in [6, 6.07) is 9.57. The number of aromatic nitrogens is 1. The second-order valence-corrected chi connectivity index (χ2v) is 6.91. The van der Waals surface area contributed by atoms with Crippen molar-refractivity contribution < 1.29 is 19.1 Å². The molecule has 2 heterocycles. The molecule has 1 aromatic heterocycles. The second-order valence-electron chi connectivity index (χ2n) is 6.91. The SMILES string of the molecule is CN(C)CCCN1C(=O)C(=O)C(=C(O)c2ccc(F)cc2)[C@@H]1c1ccccn1. The molecule has 1 aliphatic heterocycles. The molecule has 0 radical (unpaired) electrons. The first kappa shape index (κ1) is 19.7. The van der Waals surface area contributed by atoms with Gasteiger partial charge in [-0.2, -0.15) is 0 Å². The molecule has 6 nitrogen and oxygen atoms in total. The largest absolute Gasteiger partial charge is 0.507 e. The Morgan fingerprint density at radius 1 is 1.18 bits per heavy atom. The number of amides is 1. The van der Waals surface area contributed by atoms with Gasteiger partial charge in [-0.05, 0) is 63.5 Å². The van der Waals surface area contributed by atoms with E-state index < -0.39 is 23.5 Å². The summed E-state index contributed by atoms with van der Waals surface area (Å²) in [6.07, 6.45) is 2.24. The van der Waals surface area contributed by atoms with Crippen LogP contribution in [0.5, 0.6) is 0 Å². The molecule has 1 atom stereocenters. The van der Waals surface area contributed by atoms with Gasteiger partial charge in [-0.3, -0.25) is 14.6 Å². The lowest BCUT2D eigenvalue weighted by atomic mass is 9.98. The van der Waals surface area contributed by atoms with Crippen LogP contribution in [0, 0.1) is 5.82 Å². The molecule has 146 valence electrons. The number of pyridine rings is 1. The van der Waals surface area contributed by atoms with E-state index in [1.54, 1.807) is 24.4 Å². The molecular formula is C21H22FN3O3. The van der Waals surface area contributed by atoms with E-state index in [0.717, 1.165) is 6.54 Å². The number of nitrogens with zero attached hydrogens (tertiary/aromatic N) is 3. The predicted octanol–water partition coefficient (Wildman–Crippen LogP) is 2.59. The number of halogens is 1. The van der Waals surface area contributed by atoms with Crippen LogP contribution in [0.25, 0.3) is 5.76 Å². The van der Waals surface area contributed by atoms with Crippen molar-refractivity contribution in [2.45, 2.75) is 12.5 Å². The van der Waals surface area contributed by atoms with Crippen LogP contribution in [-0.2, 0) is 9.59 Å². The Hall–Kier alpha value is -3.06. The number of ketones is 1. The van der Waals surface area contributed by atoms with Gasteiger partial charge in [0.25, 0.3) is 11.7 Å². The standard InChI is InChI=1S/C21H22FN3O3/c1-24(2)12-5-13-25-18(16-6-3-4-11-23-16)17(20(27)21(25)28)19(26)14-7-9-15(22)10-8-14/h3-4,6-11,18,26H,5,12-13H2,1-2H3/t18-/m0/s1. The number of hydrogen-bond donors (Lipinski definition) is 1. The van der Waals surface area contributed by atoms with E-state index in [4.69, 9.17) is 0 Å². The Bertz CT molecular complexity index is 895. The number of aliphatic hydroxyl groups excluding tert-OH is 1. The first-order valence-electron chi connectivity index (χ1n) is 9.00. The number of likely N-dealkylation sites (tertiary alicyclic amines) is 1. The highest BCUT2D eigenvalue weighted by molar-refractivity contribution is 6.46. The summed E-state index contributed by atoms with van der Waals surface area (Å²) in [5.41, 5.74) is 0.740. The van der Waals surface area contributed by atoms with Gasteiger partial charge < -0.3 is 14.9 Å². The van der Waals surface area contributed by atoms with Gasteiger partial charge >= 0.3 is 0 Å². The first-order chi connectivity index (χ1) is 13.4. The molecule has 1 amide bonds. The van der Waals surface area contributed by atoms with Crippen LogP contribution in [0.1, 0.15) is 23.7 Å². The fourth-order valence-corrected chi connectivity index (χ4v) is 3.28. The van der Waals surface area contributed by atoms with Crippen molar-refractivity contribution >= 4 is 17.4 Å². The molecular weight excluding hydrogens is 361 g/mol. The maximum absolute atomic E-state index is 13.2. The van der Waals surface area contributed by atoms with Gasteiger partial charge in [0.15, 0.2) is 0 Å².